The average molecular weight is 596 g/mol. The van der Waals surface area contributed by atoms with Crippen molar-refractivity contribution in [1.82, 2.24) is 4.57 Å². The lowest BCUT2D eigenvalue weighted by molar-refractivity contribution is -0.139. The molecule has 1 N–H and O–H groups in total. The number of allylic oxidation sites excluding steroid dienone is 1. The monoisotopic (exact) mass is 596 g/mol. The fraction of sp³-hybridized carbons (Fsp3) is 0.261. The van der Waals surface area contributed by atoms with Crippen molar-refractivity contribution in [2.45, 2.75) is 26.8 Å². The van der Waals surface area contributed by atoms with Crippen LogP contribution in [0.3, 0.4) is 0 Å². The van der Waals surface area contributed by atoms with Crippen LogP contribution in [-0.4, -0.2) is 28.9 Å². The van der Waals surface area contributed by atoms with E-state index in [0.717, 1.165) is 10.4 Å². The van der Waals surface area contributed by atoms with Gasteiger partial charge in [0.1, 0.15) is 6.04 Å². The summed E-state index contributed by atoms with van der Waals surface area (Å²) in [4.78, 5) is 32.3. The minimum atomic E-state index is -0.596. The lowest BCUT2D eigenvalue weighted by atomic mass is 10.0. The summed E-state index contributed by atoms with van der Waals surface area (Å²) in [6.45, 7) is 6.00. The van der Waals surface area contributed by atoms with E-state index in [9.17, 15) is 14.7 Å². The van der Waals surface area contributed by atoms with Gasteiger partial charge in [-0.1, -0.05) is 17.4 Å². The first-order chi connectivity index (χ1) is 15.8. The first-order valence-corrected chi connectivity index (χ1v) is 13.0. The standard InChI is InChI=1S/C23H21IN2O5S2/c1-4-30-15-10-13(9-14(24)20(15)27)11-17-21(28)26-19(16-7-6-8-32-16)18(22(29)31-5-2)12(3)25-23(26)33-17/h6-11,19,27H,4-5H2,1-3H3/b17-11-/t19-/m0/s1. The number of thiazole rings is 1. The number of carbonyl (C=O) groups excluding carboxylic acids is 1. The van der Waals surface area contributed by atoms with E-state index in [2.05, 4.69) is 4.99 Å². The van der Waals surface area contributed by atoms with Crippen LogP contribution in [0.5, 0.6) is 11.5 Å². The van der Waals surface area contributed by atoms with Gasteiger partial charge in [-0.05, 0) is 78.6 Å². The van der Waals surface area contributed by atoms with Crippen LogP contribution in [0, 0.1) is 3.57 Å². The molecule has 1 aliphatic heterocycles. The topological polar surface area (TPSA) is 90.1 Å². The number of ether oxygens (including phenoxy) is 2. The van der Waals surface area contributed by atoms with Gasteiger partial charge in [0.2, 0.25) is 0 Å². The number of aromatic hydroxyl groups is 1. The predicted molar refractivity (Wildman–Crippen MR) is 137 cm³/mol. The summed E-state index contributed by atoms with van der Waals surface area (Å²) < 4.78 is 13.5. The van der Waals surface area contributed by atoms with Crippen molar-refractivity contribution in [3.05, 3.63) is 74.6 Å². The van der Waals surface area contributed by atoms with Crippen LogP contribution >= 0.6 is 45.3 Å². The molecular weight excluding hydrogens is 575 g/mol. The molecule has 1 aliphatic rings. The number of hydrogen-bond donors (Lipinski definition) is 1. The molecule has 0 radical (unpaired) electrons. The van der Waals surface area contributed by atoms with Gasteiger partial charge < -0.3 is 14.6 Å². The maximum Gasteiger partial charge on any atom is 0.338 e. The van der Waals surface area contributed by atoms with Crippen molar-refractivity contribution >= 4 is 57.3 Å². The molecular formula is C23H21IN2O5S2. The second-order valence-electron chi connectivity index (χ2n) is 7.10. The number of benzene rings is 1. The molecule has 3 aromatic rings. The Kier molecular flexibility index (Phi) is 7.05. The maximum atomic E-state index is 13.5. The fourth-order valence-corrected chi connectivity index (χ4v) is 6.10. The van der Waals surface area contributed by atoms with Gasteiger partial charge >= 0.3 is 5.97 Å². The predicted octanol–water partition coefficient (Wildman–Crippen LogP) is 3.57. The molecule has 172 valence electrons. The minimum Gasteiger partial charge on any atom is -0.504 e. The van der Waals surface area contributed by atoms with Crippen molar-refractivity contribution in [1.29, 1.82) is 0 Å². The van der Waals surface area contributed by atoms with Gasteiger partial charge in [-0.15, -0.1) is 11.3 Å². The molecule has 3 heterocycles. The first kappa shape index (κ1) is 23.7. The number of carbonyl (C=O) groups is 1. The van der Waals surface area contributed by atoms with Crippen molar-refractivity contribution in [3.63, 3.8) is 0 Å². The molecule has 0 spiro atoms. The van der Waals surface area contributed by atoms with Gasteiger partial charge in [0.25, 0.3) is 5.56 Å². The minimum absolute atomic E-state index is 0.0726. The van der Waals surface area contributed by atoms with Crippen LogP contribution in [0.2, 0.25) is 0 Å². The second-order valence-corrected chi connectivity index (χ2v) is 10.3. The molecule has 0 saturated heterocycles. The summed E-state index contributed by atoms with van der Waals surface area (Å²) in [6, 6.07) is 6.68. The van der Waals surface area contributed by atoms with E-state index < -0.39 is 12.0 Å². The maximum absolute atomic E-state index is 13.5. The molecule has 0 bridgehead atoms. The Balaban J connectivity index is 1.91. The van der Waals surface area contributed by atoms with E-state index in [0.29, 0.717) is 36.5 Å². The number of rotatable bonds is 6. The third kappa shape index (κ3) is 4.51. The Morgan fingerprint density at radius 2 is 2.12 bits per heavy atom. The molecule has 1 aromatic carbocycles. The number of fused-ring (bicyclic) bond motifs is 1. The first-order valence-electron chi connectivity index (χ1n) is 10.2. The molecule has 1 atom stereocenters. The van der Waals surface area contributed by atoms with E-state index in [1.165, 1.54) is 22.7 Å². The lowest BCUT2D eigenvalue weighted by Crippen LogP contribution is -2.39. The Morgan fingerprint density at radius 1 is 1.33 bits per heavy atom. The number of thiophene rings is 1. The molecule has 10 heteroatoms. The average Bonchev–Trinajstić information content (AvgIpc) is 3.40. The Hall–Kier alpha value is -2.44. The van der Waals surface area contributed by atoms with Gasteiger partial charge in [0.15, 0.2) is 16.3 Å². The normalized spacial score (nSPS) is 15.9. The Morgan fingerprint density at radius 3 is 2.79 bits per heavy atom. The molecule has 2 aromatic heterocycles. The summed E-state index contributed by atoms with van der Waals surface area (Å²) in [5, 5.41) is 12.1. The smallest absolute Gasteiger partial charge is 0.338 e. The molecule has 0 fully saturated rings. The van der Waals surface area contributed by atoms with Gasteiger partial charge in [0.05, 0.1) is 32.6 Å². The summed E-state index contributed by atoms with van der Waals surface area (Å²) in [6.07, 6.45) is 1.75. The third-order valence-electron chi connectivity index (χ3n) is 4.98. The van der Waals surface area contributed by atoms with Crippen LogP contribution in [0.4, 0.5) is 0 Å². The van der Waals surface area contributed by atoms with Gasteiger partial charge in [-0.25, -0.2) is 9.79 Å². The zero-order valence-electron chi connectivity index (χ0n) is 18.1. The zero-order chi connectivity index (χ0) is 23.7. The number of phenolic OH excluding ortho intramolecular Hbond substituents is 1. The highest BCUT2D eigenvalue weighted by Gasteiger charge is 2.33. The van der Waals surface area contributed by atoms with Gasteiger partial charge in [-0.3, -0.25) is 9.36 Å². The van der Waals surface area contributed by atoms with Crippen LogP contribution in [0.25, 0.3) is 6.08 Å². The lowest BCUT2D eigenvalue weighted by Gasteiger charge is -2.23. The quantitative estimate of drug-likeness (QED) is 0.347. The van der Waals surface area contributed by atoms with E-state index in [-0.39, 0.29) is 17.9 Å². The third-order valence-corrected chi connectivity index (χ3v) is 7.71. The van der Waals surface area contributed by atoms with Crippen LogP contribution in [0.15, 0.2) is 50.7 Å². The molecule has 33 heavy (non-hydrogen) atoms. The number of halogens is 1. The van der Waals surface area contributed by atoms with E-state index in [1.807, 2.05) is 47.0 Å². The highest BCUT2D eigenvalue weighted by molar-refractivity contribution is 14.1. The van der Waals surface area contributed by atoms with Crippen molar-refractivity contribution in [3.8, 4) is 11.5 Å². The summed E-state index contributed by atoms with van der Waals surface area (Å²) in [5.41, 5.74) is 1.39. The highest BCUT2D eigenvalue weighted by atomic mass is 127. The van der Waals surface area contributed by atoms with Crippen molar-refractivity contribution in [2.24, 2.45) is 4.99 Å². The fourth-order valence-electron chi connectivity index (χ4n) is 3.60. The number of hydrogen-bond acceptors (Lipinski definition) is 8. The number of phenols is 1. The van der Waals surface area contributed by atoms with Crippen LogP contribution in [0.1, 0.15) is 37.3 Å². The Bertz CT molecular complexity index is 1420. The van der Waals surface area contributed by atoms with Crippen LogP contribution < -0.4 is 19.6 Å². The van der Waals surface area contributed by atoms with Crippen LogP contribution in [-0.2, 0) is 9.53 Å². The highest BCUT2D eigenvalue weighted by Crippen LogP contribution is 2.34. The molecule has 4 rings (SSSR count). The summed E-state index contributed by atoms with van der Waals surface area (Å²) >= 11 is 4.76. The number of nitrogens with zero attached hydrogens (tertiary/aromatic N) is 2. The van der Waals surface area contributed by atoms with Crippen molar-refractivity contribution in [2.75, 3.05) is 13.2 Å². The SMILES string of the molecule is CCOC(=O)C1=C(C)N=c2s/c(=C\c3cc(I)c(O)c(OCC)c3)c(=O)n2[C@H]1c1cccs1. The summed E-state index contributed by atoms with van der Waals surface area (Å²) in [7, 11) is 0. The molecule has 0 unspecified atom stereocenters. The van der Waals surface area contributed by atoms with E-state index in [1.54, 1.807) is 36.6 Å². The number of esters is 1. The molecule has 7 nitrogen and oxygen atoms in total. The van der Waals surface area contributed by atoms with Crippen molar-refractivity contribution < 1.29 is 19.4 Å². The van der Waals surface area contributed by atoms with Gasteiger partial charge in [0, 0.05) is 4.88 Å². The zero-order valence-corrected chi connectivity index (χ0v) is 21.9. The molecule has 0 amide bonds. The van der Waals surface area contributed by atoms with Gasteiger partial charge in [-0.2, -0.15) is 0 Å². The summed E-state index contributed by atoms with van der Waals surface area (Å²) in [5.74, 6) is -0.0373. The number of aromatic nitrogens is 1. The largest absolute Gasteiger partial charge is 0.504 e. The molecule has 0 aliphatic carbocycles. The Labute approximate surface area is 211 Å². The van der Waals surface area contributed by atoms with E-state index >= 15 is 0 Å². The molecule has 0 saturated carbocycles. The second kappa shape index (κ2) is 9.82. The van der Waals surface area contributed by atoms with E-state index in [4.69, 9.17) is 9.47 Å².